The van der Waals surface area contributed by atoms with Crippen LogP contribution in [-0.2, 0) is 32.0 Å². The van der Waals surface area contributed by atoms with Crippen LogP contribution in [0.1, 0.15) is 36.8 Å². The molecule has 0 saturated carbocycles. The molecule has 0 spiro atoms. The topological polar surface area (TPSA) is 98.8 Å². The van der Waals surface area contributed by atoms with Crippen molar-refractivity contribution in [3.8, 4) is 0 Å². The molecule has 3 aliphatic heterocycles. The highest BCUT2D eigenvalue weighted by Crippen LogP contribution is 2.24. The summed E-state index contributed by atoms with van der Waals surface area (Å²) in [5, 5.41) is 5.92. The molecule has 5 rings (SSSR count). The van der Waals surface area contributed by atoms with E-state index in [2.05, 4.69) is 10.6 Å². The Morgan fingerprint density at radius 1 is 0.611 bits per heavy atom. The van der Waals surface area contributed by atoms with Gasteiger partial charge in [-0.05, 0) is 36.8 Å². The van der Waals surface area contributed by atoms with E-state index in [-0.39, 0.29) is 23.6 Å². The van der Waals surface area contributed by atoms with Crippen molar-refractivity contribution in [1.82, 2.24) is 20.4 Å². The van der Waals surface area contributed by atoms with Gasteiger partial charge in [0, 0.05) is 25.9 Å². The third-order valence-corrected chi connectivity index (χ3v) is 7.47. The van der Waals surface area contributed by atoms with Crippen molar-refractivity contribution >= 4 is 23.6 Å². The van der Waals surface area contributed by atoms with E-state index in [0.29, 0.717) is 51.6 Å². The SMILES string of the molecule is O=C1N[C@H](Cc2ccccc2)C(=O)N2CCC[C@H]2C(=O)N[C@H](Cc2ccccc2)C(=O)N2CCC[C@@H]12. The van der Waals surface area contributed by atoms with Gasteiger partial charge in [-0.25, -0.2) is 0 Å². The maximum absolute atomic E-state index is 13.7. The maximum atomic E-state index is 13.7. The van der Waals surface area contributed by atoms with Gasteiger partial charge in [0.15, 0.2) is 0 Å². The first-order valence-electron chi connectivity index (χ1n) is 12.8. The van der Waals surface area contributed by atoms with Crippen molar-refractivity contribution in [1.29, 1.82) is 0 Å². The van der Waals surface area contributed by atoms with Crippen molar-refractivity contribution < 1.29 is 19.2 Å². The molecule has 8 heteroatoms. The van der Waals surface area contributed by atoms with E-state index in [1.807, 2.05) is 60.7 Å². The van der Waals surface area contributed by atoms with Crippen molar-refractivity contribution in [3.05, 3.63) is 71.8 Å². The molecular formula is C28H32N4O4. The molecule has 0 radical (unpaired) electrons. The summed E-state index contributed by atoms with van der Waals surface area (Å²) >= 11 is 0. The summed E-state index contributed by atoms with van der Waals surface area (Å²) in [6, 6.07) is 16.1. The summed E-state index contributed by atoms with van der Waals surface area (Å²) in [4.78, 5) is 57.5. The average Bonchev–Trinajstić information content (AvgIpc) is 3.58. The molecule has 2 aromatic rings. The highest BCUT2D eigenvalue weighted by Gasteiger charge is 2.43. The van der Waals surface area contributed by atoms with Gasteiger partial charge >= 0.3 is 0 Å². The summed E-state index contributed by atoms with van der Waals surface area (Å²) in [6.45, 7) is 0.899. The number of carbonyl (C=O) groups is 4. The minimum atomic E-state index is -0.801. The summed E-state index contributed by atoms with van der Waals surface area (Å²) in [5.41, 5.74) is 1.84. The number of hydrogen-bond acceptors (Lipinski definition) is 4. The molecule has 0 bridgehead atoms. The molecule has 3 heterocycles. The van der Waals surface area contributed by atoms with Gasteiger partial charge in [0.05, 0.1) is 0 Å². The Balaban J connectivity index is 1.47. The van der Waals surface area contributed by atoms with Crippen LogP contribution in [0.25, 0.3) is 0 Å². The molecule has 0 aliphatic carbocycles. The van der Waals surface area contributed by atoms with E-state index in [9.17, 15) is 19.2 Å². The first-order chi connectivity index (χ1) is 17.5. The fourth-order valence-electron chi connectivity index (χ4n) is 5.64. The summed E-state index contributed by atoms with van der Waals surface area (Å²) < 4.78 is 0. The Bertz CT molecular complexity index is 1030. The van der Waals surface area contributed by atoms with Gasteiger partial charge in [-0.3, -0.25) is 19.2 Å². The normalized spacial score (nSPS) is 27.0. The van der Waals surface area contributed by atoms with E-state index in [0.717, 1.165) is 11.1 Å². The highest BCUT2D eigenvalue weighted by atomic mass is 16.2. The lowest BCUT2D eigenvalue weighted by Crippen LogP contribution is -2.61. The van der Waals surface area contributed by atoms with E-state index >= 15 is 0 Å². The Labute approximate surface area is 211 Å². The average molecular weight is 489 g/mol. The predicted octanol–water partition coefficient (Wildman–Crippen LogP) is 1.44. The lowest BCUT2D eigenvalue weighted by Gasteiger charge is -2.34. The zero-order valence-electron chi connectivity index (χ0n) is 20.3. The second kappa shape index (κ2) is 10.5. The van der Waals surface area contributed by atoms with Crippen LogP contribution in [-0.4, -0.2) is 70.7 Å². The van der Waals surface area contributed by atoms with Crippen molar-refractivity contribution in [2.45, 2.75) is 62.7 Å². The lowest BCUT2D eigenvalue weighted by molar-refractivity contribution is -0.146. The zero-order valence-corrected chi connectivity index (χ0v) is 20.3. The molecule has 8 nitrogen and oxygen atoms in total. The molecular weight excluding hydrogens is 456 g/mol. The molecule has 3 saturated heterocycles. The van der Waals surface area contributed by atoms with Crippen LogP contribution in [0.3, 0.4) is 0 Å². The van der Waals surface area contributed by atoms with Crippen LogP contribution >= 0.6 is 0 Å². The van der Waals surface area contributed by atoms with E-state index in [4.69, 9.17) is 0 Å². The van der Waals surface area contributed by atoms with Gasteiger partial charge in [-0.1, -0.05) is 60.7 Å². The third kappa shape index (κ3) is 4.98. The number of rotatable bonds is 4. The molecule has 2 aromatic carbocycles. The second-order valence-electron chi connectivity index (χ2n) is 9.88. The van der Waals surface area contributed by atoms with Crippen LogP contribution in [0.4, 0.5) is 0 Å². The minimum absolute atomic E-state index is 0.249. The van der Waals surface area contributed by atoms with E-state index < -0.39 is 24.2 Å². The summed E-state index contributed by atoms with van der Waals surface area (Å²) in [7, 11) is 0. The number of hydrogen-bond donors (Lipinski definition) is 2. The van der Waals surface area contributed by atoms with Crippen molar-refractivity contribution in [3.63, 3.8) is 0 Å². The van der Waals surface area contributed by atoms with Crippen LogP contribution in [0.2, 0.25) is 0 Å². The molecule has 4 atom stereocenters. The van der Waals surface area contributed by atoms with Crippen molar-refractivity contribution in [2.75, 3.05) is 13.1 Å². The van der Waals surface area contributed by atoms with E-state index in [1.165, 1.54) is 0 Å². The molecule has 3 aliphatic rings. The largest absolute Gasteiger partial charge is 0.342 e. The number of amides is 4. The fourth-order valence-corrected chi connectivity index (χ4v) is 5.64. The van der Waals surface area contributed by atoms with E-state index in [1.54, 1.807) is 9.80 Å². The first-order valence-corrected chi connectivity index (χ1v) is 12.8. The first kappa shape index (κ1) is 24.0. The smallest absolute Gasteiger partial charge is 0.246 e. The number of carbonyl (C=O) groups excluding carboxylic acids is 4. The van der Waals surface area contributed by atoms with Crippen LogP contribution < -0.4 is 10.6 Å². The summed E-state index contributed by atoms with van der Waals surface area (Å²) in [6.07, 6.45) is 3.11. The Morgan fingerprint density at radius 2 is 1.00 bits per heavy atom. The number of nitrogens with one attached hydrogen (secondary N) is 2. The van der Waals surface area contributed by atoms with Crippen molar-refractivity contribution in [2.24, 2.45) is 0 Å². The standard InChI is InChI=1S/C28H32N4O4/c33-25-23-13-8-16-32(23)28(36)22(18-20-11-5-2-6-12-20)30-26(34)24-14-7-15-31(24)27(35)21(29-25)17-19-9-3-1-4-10-19/h1-6,9-12,21-24H,7-8,13-18H2,(H,29,33)(H,30,34)/t21-,22-,23+,24+/m1/s1. The van der Waals surface area contributed by atoms with Gasteiger partial charge in [0.1, 0.15) is 24.2 Å². The maximum Gasteiger partial charge on any atom is 0.246 e. The van der Waals surface area contributed by atoms with Gasteiger partial charge in [0.25, 0.3) is 0 Å². The van der Waals surface area contributed by atoms with Gasteiger partial charge in [-0.15, -0.1) is 0 Å². The quantitative estimate of drug-likeness (QED) is 0.680. The number of benzene rings is 2. The van der Waals surface area contributed by atoms with Crippen LogP contribution in [0, 0.1) is 0 Å². The second-order valence-corrected chi connectivity index (χ2v) is 9.88. The molecule has 188 valence electrons. The monoisotopic (exact) mass is 488 g/mol. The molecule has 0 unspecified atom stereocenters. The van der Waals surface area contributed by atoms with Gasteiger partial charge < -0.3 is 20.4 Å². The molecule has 4 amide bonds. The predicted molar refractivity (Wildman–Crippen MR) is 134 cm³/mol. The fraction of sp³-hybridized carbons (Fsp3) is 0.429. The molecule has 2 N–H and O–H groups in total. The minimum Gasteiger partial charge on any atom is -0.342 e. The lowest BCUT2D eigenvalue weighted by atomic mass is 10.0. The summed E-state index contributed by atoms with van der Waals surface area (Å²) in [5.74, 6) is -1.12. The zero-order chi connectivity index (χ0) is 25.1. The number of fused-ring (bicyclic) bond motifs is 2. The molecule has 36 heavy (non-hydrogen) atoms. The molecule has 3 fully saturated rings. The van der Waals surface area contributed by atoms with Crippen LogP contribution in [0.15, 0.2) is 60.7 Å². The molecule has 0 aromatic heterocycles. The third-order valence-electron chi connectivity index (χ3n) is 7.47. The Morgan fingerprint density at radius 3 is 1.39 bits per heavy atom. The van der Waals surface area contributed by atoms with Crippen LogP contribution in [0.5, 0.6) is 0 Å². The van der Waals surface area contributed by atoms with Gasteiger partial charge in [-0.2, -0.15) is 0 Å². The Kier molecular flexibility index (Phi) is 7.02. The van der Waals surface area contributed by atoms with Gasteiger partial charge in [0.2, 0.25) is 23.6 Å². The Hall–Kier alpha value is -3.68. The highest BCUT2D eigenvalue weighted by molar-refractivity contribution is 5.98. The number of nitrogens with zero attached hydrogens (tertiary/aromatic N) is 2.